The van der Waals surface area contributed by atoms with Gasteiger partial charge >= 0.3 is 5.97 Å². The van der Waals surface area contributed by atoms with E-state index in [1.165, 1.54) is 7.11 Å². The van der Waals surface area contributed by atoms with Crippen molar-refractivity contribution in [2.24, 2.45) is 0 Å². The lowest BCUT2D eigenvalue weighted by Gasteiger charge is -2.35. The molecule has 27 heavy (non-hydrogen) atoms. The number of anilines is 1. The van der Waals surface area contributed by atoms with Crippen LogP contribution in [-0.4, -0.2) is 52.0 Å². The molecule has 0 bridgehead atoms. The van der Waals surface area contributed by atoms with E-state index in [1.54, 1.807) is 22.5 Å². The molecule has 1 heterocycles. The van der Waals surface area contributed by atoms with E-state index in [-0.39, 0.29) is 5.97 Å². The molecule has 0 atom stereocenters. The number of piperazine rings is 1. The molecule has 0 unspecified atom stereocenters. The maximum Gasteiger partial charge on any atom is 0.337 e. The van der Waals surface area contributed by atoms with Crippen molar-refractivity contribution in [3.8, 4) is 0 Å². The highest BCUT2D eigenvalue weighted by Gasteiger charge is 2.29. The van der Waals surface area contributed by atoms with Crippen LogP contribution in [-0.2, 0) is 14.8 Å². The van der Waals surface area contributed by atoms with Gasteiger partial charge in [-0.2, -0.15) is 4.31 Å². The molecular formula is C20H24N2O4S. The Morgan fingerprint density at radius 2 is 1.59 bits per heavy atom. The van der Waals surface area contributed by atoms with Crippen LogP contribution < -0.4 is 4.90 Å². The molecule has 144 valence electrons. The van der Waals surface area contributed by atoms with E-state index in [1.807, 2.05) is 38.1 Å². The second-order valence-corrected chi connectivity index (χ2v) is 8.60. The zero-order valence-electron chi connectivity index (χ0n) is 15.8. The van der Waals surface area contributed by atoms with Gasteiger partial charge in [-0.3, -0.25) is 0 Å². The smallest absolute Gasteiger partial charge is 0.337 e. The van der Waals surface area contributed by atoms with Crippen molar-refractivity contribution in [2.75, 3.05) is 38.2 Å². The van der Waals surface area contributed by atoms with Crippen molar-refractivity contribution in [1.82, 2.24) is 4.31 Å². The van der Waals surface area contributed by atoms with E-state index in [9.17, 15) is 13.2 Å². The SMILES string of the molecule is COC(=O)c1ccc(N2CCN(S(=O)(=O)c3ccc(C)cc3C)CC2)cc1. The standard InChI is InChI=1S/C20H24N2O4S/c1-15-4-9-19(16(2)14-15)27(24,25)22-12-10-21(11-13-22)18-7-5-17(6-8-18)20(23)26-3/h4-9,14H,10-13H2,1-3H3. The van der Waals surface area contributed by atoms with Gasteiger partial charge < -0.3 is 9.64 Å². The number of hydrogen-bond donors (Lipinski definition) is 0. The average Bonchev–Trinajstić information content (AvgIpc) is 2.67. The number of hydrogen-bond acceptors (Lipinski definition) is 5. The van der Waals surface area contributed by atoms with Gasteiger partial charge in [0, 0.05) is 31.9 Å². The fraction of sp³-hybridized carbons (Fsp3) is 0.350. The second-order valence-electron chi connectivity index (χ2n) is 6.70. The van der Waals surface area contributed by atoms with Crippen molar-refractivity contribution < 1.29 is 17.9 Å². The topological polar surface area (TPSA) is 66.9 Å². The maximum absolute atomic E-state index is 13.0. The van der Waals surface area contributed by atoms with Crippen molar-refractivity contribution in [1.29, 1.82) is 0 Å². The molecule has 0 N–H and O–H groups in total. The third-order valence-corrected chi connectivity index (χ3v) is 6.90. The molecule has 2 aromatic rings. The summed E-state index contributed by atoms with van der Waals surface area (Å²) >= 11 is 0. The van der Waals surface area contributed by atoms with Gasteiger partial charge in [0.15, 0.2) is 0 Å². The zero-order valence-corrected chi connectivity index (χ0v) is 16.6. The Hall–Kier alpha value is -2.38. The van der Waals surface area contributed by atoms with E-state index in [4.69, 9.17) is 4.74 Å². The first kappa shape index (κ1) is 19.4. The molecule has 1 fully saturated rings. The van der Waals surface area contributed by atoms with Gasteiger partial charge in [0.25, 0.3) is 0 Å². The zero-order chi connectivity index (χ0) is 19.6. The summed E-state index contributed by atoms with van der Waals surface area (Å²) in [6, 6.07) is 12.6. The first-order valence-corrected chi connectivity index (χ1v) is 10.3. The number of methoxy groups -OCH3 is 1. The molecule has 1 aliphatic heterocycles. The number of nitrogens with zero attached hydrogens (tertiary/aromatic N) is 2. The van der Waals surface area contributed by atoms with Gasteiger partial charge in [-0.05, 0) is 49.7 Å². The van der Waals surface area contributed by atoms with Gasteiger partial charge in [0.2, 0.25) is 10.0 Å². The molecule has 2 aromatic carbocycles. The highest BCUT2D eigenvalue weighted by Crippen LogP contribution is 2.24. The van der Waals surface area contributed by atoms with Crippen LogP contribution in [0.25, 0.3) is 0 Å². The number of rotatable bonds is 4. The number of carbonyl (C=O) groups is 1. The minimum Gasteiger partial charge on any atom is -0.465 e. The Labute approximate surface area is 160 Å². The Kier molecular flexibility index (Phi) is 5.53. The van der Waals surface area contributed by atoms with Crippen LogP contribution in [0.3, 0.4) is 0 Å². The summed E-state index contributed by atoms with van der Waals surface area (Å²) in [7, 11) is -2.14. The number of sulfonamides is 1. The molecule has 0 aliphatic carbocycles. The van der Waals surface area contributed by atoms with Gasteiger partial charge in [-0.1, -0.05) is 17.7 Å². The normalized spacial score (nSPS) is 15.6. The molecular weight excluding hydrogens is 364 g/mol. The number of aryl methyl sites for hydroxylation is 2. The van der Waals surface area contributed by atoms with Crippen LogP contribution in [0, 0.1) is 13.8 Å². The molecule has 0 spiro atoms. The monoisotopic (exact) mass is 388 g/mol. The molecule has 0 radical (unpaired) electrons. The van der Waals surface area contributed by atoms with E-state index in [0.717, 1.165) is 16.8 Å². The first-order chi connectivity index (χ1) is 12.8. The molecule has 0 saturated carbocycles. The predicted molar refractivity (Wildman–Crippen MR) is 105 cm³/mol. The van der Waals surface area contributed by atoms with E-state index >= 15 is 0 Å². The van der Waals surface area contributed by atoms with Crippen LogP contribution in [0.15, 0.2) is 47.4 Å². The average molecular weight is 388 g/mol. The van der Waals surface area contributed by atoms with E-state index in [0.29, 0.717) is 36.6 Å². The Morgan fingerprint density at radius 1 is 0.963 bits per heavy atom. The van der Waals surface area contributed by atoms with Crippen molar-refractivity contribution in [2.45, 2.75) is 18.7 Å². The van der Waals surface area contributed by atoms with E-state index < -0.39 is 10.0 Å². The largest absolute Gasteiger partial charge is 0.465 e. The lowest BCUT2D eigenvalue weighted by atomic mass is 10.2. The molecule has 1 saturated heterocycles. The summed E-state index contributed by atoms with van der Waals surface area (Å²) in [5.41, 5.74) is 3.28. The van der Waals surface area contributed by atoms with Crippen LogP contribution in [0.4, 0.5) is 5.69 Å². The predicted octanol–water partition coefficient (Wildman–Crippen LogP) is 2.60. The summed E-state index contributed by atoms with van der Waals surface area (Å²) < 4.78 is 32.2. The van der Waals surface area contributed by atoms with Crippen LogP contribution >= 0.6 is 0 Å². The van der Waals surface area contributed by atoms with Crippen molar-refractivity contribution in [3.05, 3.63) is 59.2 Å². The number of esters is 1. The minimum absolute atomic E-state index is 0.370. The lowest BCUT2D eigenvalue weighted by molar-refractivity contribution is 0.0600. The molecule has 7 heteroatoms. The summed E-state index contributed by atoms with van der Waals surface area (Å²) in [6.07, 6.45) is 0. The van der Waals surface area contributed by atoms with Crippen LogP contribution in [0.2, 0.25) is 0 Å². The Bertz CT molecular complexity index is 931. The lowest BCUT2D eigenvalue weighted by Crippen LogP contribution is -2.48. The third-order valence-electron chi connectivity index (χ3n) is 4.84. The summed E-state index contributed by atoms with van der Waals surface area (Å²) in [5.74, 6) is -0.370. The molecule has 0 aromatic heterocycles. The minimum atomic E-state index is -3.49. The van der Waals surface area contributed by atoms with E-state index in [2.05, 4.69) is 4.90 Å². The van der Waals surface area contributed by atoms with Gasteiger partial charge in [0.1, 0.15) is 0 Å². The van der Waals surface area contributed by atoms with Crippen molar-refractivity contribution in [3.63, 3.8) is 0 Å². The van der Waals surface area contributed by atoms with Crippen LogP contribution in [0.5, 0.6) is 0 Å². The fourth-order valence-corrected chi connectivity index (χ4v) is 4.97. The van der Waals surface area contributed by atoms with Crippen LogP contribution in [0.1, 0.15) is 21.5 Å². The van der Waals surface area contributed by atoms with Gasteiger partial charge in [0.05, 0.1) is 17.6 Å². The molecule has 6 nitrogen and oxygen atoms in total. The summed E-state index contributed by atoms with van der Waals surface area (Å²) in [4.78, 5) is 14.0. The number of carbonyl (C=O) groups excluding carboxylic acids is 1. The Balaban J connectivity index is 1.70. The molecule has 1 aliphatic rings. The van der Waals surface area contributed by atoms with Gasteiger partial charge in [-0.25, -0.2) is 13.2 Å². The third kappa shape index (κ3) is 3.99. The highest BCUT2D eigenvalue weighted by atomic mass is 32.2. The molecule has 0 amide bonds. The highest BCUT2D eigenvalue weighted by molar-refractivity contribution is 7.89. The summed E-state index contributed by atoms with van der Waals surface area (Å²) in [5, 5.41) is 0. The Morgan fingerprint density at radius 3 is 2.15 bits per heavy atom. The molecule has 3 rings (SSSR count). The summed E-state index contributed by atoms with van der Waals surface area (Å²) in [6.45, 7) is 5.83. The quantitative estimate of drug-likeness (QED) is 0.753. The van der Waals surface area contributed by atoms with Gasteiger partial charge in [-0.15, -0.1) is 0 Å². The number of benzene rings is 2. The number of ether oxygens (including phenoxy) is 1. The maximum atomic E-state index is 13.0. The fourth-order valence-electron chi connectivity index (χ4n) is 3.34. The second kappa shape index (κ2) is 7.70. The first-order valence-electron chi connectivity index (χ1n) is 8.83. The van der Waals surface area contributed by atoms with Crippen molar-refractivity contribution >= 4 is 21.7 Å².